The maximum atomic E-state index is 11.6. The molecule has 0 aliphatic carbocycles. The quantitative estimate of drug-likeness (QED) is 0.355. The second kappa shape index (κ2) is 11.8. The lowest BCUT2D eigenvalue weighted by Gasteiger charge is -2.32. The molecule has 8 heteroatoms. The molecule has 0 radical (unpaired) electrons. The average Bonchev–Trinajstić information content (AvgIpc) is 2.69. The van der Waals surface area contributed by atoms with Crippen LogP contribution in [0.2, 0.25) is 0 Å². The number of hydrogen-bond donors (Lipinski definition) is 3. The summed E-state index contributed by atoms with van der Waals surface area (Å²) in [6.45, 7) is 12.8. The van der Waals surface area contributed by atoms with Crippen molar-refractivity contribution >= 4 is 12.1 Å². The molecule has 0 unspecified atom stereocenters. The number of aliphatic imine (C=N–C) groups is 1. The van der Waals surface area contributed by atoms with E-state index in [4.69, 9.17) is 4.74 Å². The number of carbonyl (C=O) groups is 1. The van der Waals surface area contributed by atoms with Gasteiger partial charge >= 0.3 is 6.09 Å². The summed E-state index contributed by atoms with van der Waals surface area (Å²) >= 11 is 0. The van der Waals surface area contributed by atoms with E-state index >= 15 is 0 Å². The normalized spacial score (nSPS) is 16.2. The molecule has 1 aliphatic rings. The SMILES string of the molecule is CN=C(NCCNC(=O)OC(C)(C)C)NCc1ccc(CN2CCN(C)CC2)cc1. The average molecular weight is 419 g/mol. The minimum atomic E-state index is -0.491. The molecule has 3 N–H and O–H groups in total. The number of guanidine groups is 1. The molecule has 1 aromatic rings. The van der Waals surface area contributed by atoms with Gasteiger partial charge < -0.3 is 25.6 Å². The van der Waals surface area contributed by atoms with Gasteiger partial charge in [-0.2, -0.15) is 0 Å². The number of rotatable bonds is 7. The van der Waals surface area contributed by atoms with Gasteiger partial charge in [0.25, 0.3) is 0 Å². The predicted octanol–water partition coefficient (Wildman–Crippen LogP) is 1.62. The van der Waals surface area contributed by atoms with E-state index in [1.807, 2.05) is 20.8 Å². The van der Waals surface area contributed by atoms with Crippen LogP contribution in [-0.2, 0) is 17.8 Å². The first-order valence-corrected chi connectivity index (χ1v) is 10.7. The predicted molar refractivity (Wildman–Crippen MR) is 122 cm³/mol. The van der Waals surface area contributed by atoms with Gasteiger partial charge in [0.1, 0.15) is 5.60 Å². The van der Waals surface area contributed by atoms with Crippen molar-refractivity contribution in [1.29, 1.82) is 0 Å². The zero-order valence-corrected chi connectivity index (χ0v) is 19.1. The van der Waals surface area contributed by atoms with Gasteiger partial charge in [0.15, 0.2) is 5.96 Å². The van der Waals surface area contributed by atoms with E-state index in [1.54, 1.807) is 7.05 Å². The first-order valence-electron chi connectivity index (χ1n) is 10.7. The van der Waals surface area contributed by atoms with Crippen molar-refractivity contribution in [3.8, 4) is 0 Å². The molecule has 168 valence electrons. The van der Waals surface area contributed by atoms with Crippen molar-refractivity contribution < 1.29 is 9.53 Å². The van der Waals surface area contributed by atoms with Gasteiger partial charge in [-0.3, -0.25) is 9.89 Å². The lowest BCUT2D eigenvalue weighted by molar-refractivity contribution is 0.0529. The van der Waals surface area contributed by atoms with E-state index in [0.29, 0.717) is 25.6 Å². The van der Waals surface area contributed by atoms with Crippen LogP contribution in [-0.4, -0.2) is 80.8 Å². The second-order valence-electron chi connectivity index (χ2n) is 8.68. The Hall–Kier alpha value is -2.32. The summed E-state index contributed by atoms with van der Waals surface area (Å²) in [4.78, 5) is 20.7. The topological polar surface area (TPSA) is 81.2 Å². The van der Waals surface area contributed by atoms with E-state index in [1.165, 1.54) is 11.1 Å². The Balaban J connectivity index is 1.66. The summed E-state index contributed by atoms with van der Waals surface area (Å²) in [7, 11) is 3.91. The second-order valence-corrected chi connectivity index (χ2v) is 8.68. The molecule has 0 bridgehead atoms. The Bertz CT molecular complexity index is 676. The van der Waals surface area contributed by atoms with Gasteiger partial charge in [-0.25, -0.2) is 4.79 Å². The highest BCUT2D eigenvalue weighted by Crippen LogP contribution is 2.10. The fourth-order valence-electron chi connectivity index (χ4n) is 3.09. The maximum Gasteiger partial charge on any atom is 0.407 e. The first kappa shape index (κ1) is 24.0. The van der Waals surface area contributed by atoms with E-state index < -0.39 is 11.7 Å². The summed E-state index contributed by atoms with van der Waals surface area (Å²) in [6.07, 6.45) is -0.413. The molecular formula is C22H38N6O2. The summed E-state index contributed by atoms with van der Waals surface area (Å²) < 4.78 is 5.21. The van der Waals surface area contributed by atoms with E-state index in [2.05, 4.69) is 62.1 Å². The number of likely N-dealkylation sites (N-methyl/N-ethyl adjacent to an activating group) is 1. The number of piperazine rings is 1. The van der Waals surface area contributed by atoms with Crippen LogP contribution in [0.5, 0.6) is 0 Å². The van der Waals surface area contributed by atoms with Crippen LogP contribution in [0.15, 0.2) is 29.3 Å². The van der Waals surface area contributed by atoms with Crippen LogP contribution < -0.4 is 16.0 Å². The van der Waals surface area contributed by atoms with Gasteiger partial charge in [-0.05, 0) is 38.9 Å². The number of amides is 1. The van der Waals surface area contributed by atoms with E-state index in [9.17, 15) is 4.79 Å². The monoisotopic (exact) mass is 418 g/mol. The third-order valence-corrected chi connectivity index (χ3v) is 4.79. The highest BCUT2D eigenvalue weighted by Gasteiger charge is 2.15. The van der Waals surface area contributed by atoms with Crippen molar-refractivity contribution in [2.75, 3.05) is 53.4 Å². The molecule has 8 nitrogen and oxygen atoms in total. The number of ether oxygens (including phenoxy) is 1. The lowest BCUT2D eigenvalue weighted by atomic mass is 10.1. The number of alkyl carbamates (subject to hydrolysis) is 1. The Kier molecular flexibility index (Phi) is 9.39. The van der Waals surface area contributed by atoms with Crippen LogP contribution >= 0.6 is 0 Å². The largest absolute Gasteiger partial charge is 0.444 e. The fourth-order valence-corrected chi connectivity index (χ4v) is 3.09. The zero-order valence-electron chi connectivity index (χ0n) is 19.1. The molecule has 1 aliphatic heterocycles. The van der Waals surface area contributed by atoms with Crippen LogP contribution in [0.3, 0.4) is 0 Å². The standard InChI is InChI=1S/C22H38N6O2/c1-22(2,3)30-21(29)25-11-10-24-20(23-4)26-16-18-6-8-19(9-7-18)17-28-14-12-27(5)13-15-28/h6-9H,10-17H2,1-5H3,(H,25,29)(H2,23,24,26). The summed E-state index contributed by atoms with van der Waals surface area (Å²) in [5, 5.41) is 9.20. The van der Waals surface area contributed by atoms with Crippen molar-refractivity contribution in [3.63, 3.8) is 0 Å². The molecule has 1 heterocycles. The Labute approximate surface area is 181 Å². The summed E-state index contributed by atoms with van der Waals surface area (Å²) in [6, 6.07) is 8.73. The Morgan fingerprint density at radius 2 is 1.60 bits per heavy atom. The maximum absolute atomic E-state index is 11.6. The van der Waals surface area contributed by atoms with Crippen LogP contribution in [0, 0.1) is 0 Å². The summed E-state index contributed by atoms with van der Waals surface area (Å²) in [5.41, 5.74) is 2.06. The molecule has 30 heavy (non-hydrogen) atoms. The highest BCUT2D eigenvalue weighted by atomic mass is 16.6. The molecule has 0 aromatic heterocycles. The number of hydrogen-bond acceptors (Lipinski definition) is 5. The van der Waals surface area contributed by atoms with Gasteiger partial charge in [0, 0.05) is 59.4 Å². The molecule has 0 saturated carbocycles. The molecule has 1 saturated heterocycles. The lowest BCUT2D eigenvalue weighted by Crippen LogP contribution is -2.43. The first-order chi connectivity index (χ1) is 14.2. The van der Waals surface area contributed by atoms with E-state index in [-0.39, 0.29) is 0 Å². The molecule has 1 aromatic carbocycles. The van der Waals surface area contributed by atoms with Crippen molar-refractivity contribution in [1.82, 2.24) is 25.8 Å². The third-order valence-electron chi connectivity index (χ3n) is 4.79. The van der Waals surface area contributed by atoms with Gasteiger partial charge in [0.2, 0.25) is 0 Å². The number of nitrogens with one attached hydrogen (secondary N) is 3. The number of nitrogens with zero attached hydrogens (tertiary/aromatic N) is 3. The smallest absolute Gasteiger partial charge is 0.407 e. The van der Waals surface area contributed by atoms with Crippen molar-refractivity contribution in [3.05, 3.63) is 35.4 Å². The highest BCUT2D eigenvalue weighted by molar-refractivity contribution is 5.79. The molecule has 1 amide bonds. The fraction of sp³-hybridized carbons (Fsp3) is 0.636. The van der Waals surface area contributed by atoms with Gasteiger partial charge in [0.05, 0.1) is 0 Å². The van der Waals surface area contributed by atoms with E-state index in [0.717, 1.165) is 32.7 Å². The van der Waals surface area contributed by atoms with Crippen LogP contribution in [0.1, 0.15) is 31.9 Å². The third kappa shape index (κ3) is 9.45. The van der Waals surface area contributed by atoms with Crippen molar-refractivity contribution in [2.24, 2.45) is 4.99 Å². The Morgan fingerprint density at radius 1 is 1.00 bits per heavy atom. The Morgan fingerprint density at radius 3 is 2.20 bits per heavy atom. The molecule has 2 rings (SSSR count). The minimum absolute atomic E-state index is 0.413. The van der Waals surface area contributed by atoms with Crippen LogP contribution in [0.4, 0.5) is 4.79 Å². The minimum Gasteiger partial charge on any atom is -0.444 e. The zero-order chi connectivity index (χ0) is 22.0. The molecule has 0 atom stereocenters. The van der Waals surface area contributed by atoms with Gasteiger partial charge in [-0.15, -0.1) is 0 Å². The number of benzene rings is 1. The van der Waals surface area contributed by atoms with Crippen LogP contribution in [0.25, 0.3) is 0 Å². The van der Waals surface area contributed by atoms with Crippen molar-refractivity contribution in [2.45, 2.75) is 39.5 Å². The molecular weight excluding hydrogens is 380 g/mol. The molecule has 1 fully saturated rings. The van der Waals surface area contributed by atoms with Gasteiger partial charge in [-0.1, -0.05) is 24.3 Å². The summed E-state index contributed by atoms with van der Waals surface area (Å²) in [5.74, 6) is 0.697. The molecule has 0 spiro atoms. The number of carbonyl (C=O) groups excluding carboxylic acids is 1.